The zero-order valence-corrected chi connectivity index (χ0v) is 13.3. The summed E-state index contributed by atoms with van der Waals surface area (Å²) in [5.74, 6) is -0.601. The molecule has 6 heteroatoms. The minimum Gasteiger partial charge on any atom is -0.479 e. The first-order chi connectivity index (χ1) is 9.93. The number of benzene rings is 1. The topological polar surface area (TPSA) is 75.6 Å². The minimum atomic E-state index is -1.08. The third-order valence-electron chi connectivity index (χ3n) is 3.12. The van der Waals surface area contributed by atoms with Crippen LogP contribution in [0.5, 0.6) is 0 Å². The van der Waals surface area contributed by atoms with Gasteiger partial charge >= 0.3 is 5.97 Å². The number of amides is 1. The van der Waals surface area contributed by atoms with Gasteiger partial charge in [0.15, 0.2) is 6.10 Å². The van der Waals surface area contributed by atoms with Crippen molar-refractivity contribution in [2.24, 2.45) is 0 Å². The van der Waals surface area contributed by atoms with E-state index < -0.39 is 12.1 Å². The Morgan fingerprint density at radius 1 is 1.33 bits per heavy atom. The van der Waals surface area contributed by atoms with Crippen LogP contribution in [-0.4, -0.2) is 42.5 Å². The summed E-state index contributed by atoms with van der Waals surface area (Å²) >= 11 is 1.61. The molecular weight excluding hydrogens is 290 g/mol. The number of carbonyl (C=O) groups excluding carboxylic acids is 1. The van der Waals surface area contributed by atoms with Gasteiger partial charge in [-0.2, -0.15) is 0 Å². The van der Waals surface area contributed by atoms with Crippen molar-refractivity contribution in [1.29, 1.82) is 0 Å². The van der Waals surface area contributed by atoms with Crippen LogP contribution in [0.1, 0.15) is 17.5 Å². The average molecular weight is 311 g/mol. The Bertz CT molecular complexity index is 504. The van der Waals surface area contributed by atoms with Gasteiger partial charge in [0.2, 0.25) is 5.91 Å². The second kappa shape index (κ2) is 8.69. The van der Waals surface area contributed by atoms with Gasteiger partial charge in [-0.1, -0.05) is 6.07 Å². The molecule has 1 aromatic rings. The van der Waals surface area contributed by atoms with Crippen molar-refractivity contribution in [2.45, 2.75) is 31.3 Å². The van der Waals surface area contributed by atoms with Crippen molar-refractivity contribution in [1.82, 2.24) is 5.32 Å². The normalized spacial score (nSPS) is 12.0. The Kier molecular flexibility index (Phi) is 7.25. The number of methoxy groups -OCH3 is 1. The number of thioether (sulfide) groups is 1. The summed E-state index contributed by atoms with van der Waals surface area (Å²) < 4.78 is 4.74. The quantitative estimate of drug-likeness (QED) is 0.718. The molecule has 0 saturated carbocycles. The first-order valence-electron chi connectivity index (χ1n) is 6.66. The summed E-state index contributed by atoms with van der Waals surface area (Å²) in [6.07, 6.45) is -0.658. The van der Waals surface area contributed by atoms with E-state index in [-0.39, 0.29) is 12.5 Å². The fourth-order valence-corrected chi connectivity index (χ4v) is 2.58. The lowest BCUT2D eigenvalue weighted by Crippen LogP contribution is -2.37. The number of aryl methyl sites for hydroxylation is 2. The van der Waals surface area contributed by atoms with Gasteiger partial charge in [0.05, 0.1) is 6.54 Å². The Morgan fingerprint density at radius 2 is 2.05 bits per heavy atom. The highest BCUT2D eigenvalue weighted by Gasteiger charge is 2.16. The smallest absolute Gasteiger partial charge is 0.334 e. The van der Waals surface area contributed by atoms with Crippen LogP contribution in [0.25, 0.3) is 0 Å². The minimum absolute atomic E-state index is 0.0149. The van der Waals surface area contributed by atoms with Gasteiger partial charge in [-0.25, -0.2) is 4.79 Å². The van der Waals surface area contributed by atoms with Crippen molar-refractivity contribution in [3.8, 4) is 0 Å². The summed E-state index contributed by atoms with van der Waals surface area (Å²) in [6.45, 7) is 4.10. The predicted molar refractivity (Wildman–Crippen MR) is 82.7 cm³/mol. The molecule has 0 aliphatic heterocycles. The van der Waals surface area contributed by atoms with Gasteiger partial charge in [-0.15, -0.1) is 11.8 Å². The summed E-state index contributed by atoms with van der Waals surface area (Å²) in [6, 6.07) is 6.20. The third-order valence-corrected chi connectivity index (χ3v) is 4.12. The van der Waals surface area contributed by atoms with Crippen LogP contribution >= 0.6 is 11.8 Å². The highest BCUT2D eigenvalue weighted by molar-refractivity contribution is 7.99. The molecule has 1 aromatic carbocycles. The van der Waals surface area contributed by atoms with Crippen LogP contribution in [0, 0.1) is 13.8 Å². The molecule has 0 fully saturated rings. The van der Waals surface area contributed by atoms with E-state index in [9.17, 15) is 9.59 Å². The molecule has 1 rings (SSSR count). The third kappa shape index (κ3) is 6.18. The largest absolute Gasteiger partial charge is 0.479 e. The second-order valence-corrected chi connectivity index (χ2v) is 5.88. The van der Waals surface area contributed by atoms with E-state index in [1.54, 1.807) is 11.8 Å². The molecule has 1 unspecified atom stereocenters. The molecule has 0 spiro atoms. The summed E-state index contributed by atoms with van der Waals surface area (Å²) in [5, 5.41) is 11.3. The number of hydrogen-bond donors (Lipinski definition) is 2. The fraction of sp³-hybridized carbons (Fsp3) is 0.467. The van der Waals surface area contributed by atoms with Crippen LogP contribution in [0.3, 0.4) is 0 Å². The molecule has 0 radical (unpaired) electrons. The standard InChI is InChI=1S/C15H21NO4S/c1-10-4-5-12(8-11(10)2)21-7-6-14(17)16-9-13(20-3)15(18)19/h4-5,8,13H,6-7,9H2,1-3H3,(H,16,17)(H,18,19). The lowest BCUT2D eigenvalue weighted by atomic mass is 10.1. The van der Waals surface area contributed by atoms with Gasteiger partial charge < -0.3 is 15.2 Å². The molecule has 0 aliphatic rings. The van der Waals surface area contributed by atoms with E-state index in [1.807, 2.05) is 6.07 Å². The zero-order valence-electron chi connectivity index (χ0n) is 12.5. The number of ether oxygens (including phenoxy) is 1. The van der Waals surface area contributed by atoms with E-state index in [0.29, 0.717) is 12.2 Å². The van der Waals surface area contributed by atoms with Crippen LogP contribution in [0.15, 0.2) is 23.1 Å². The summed E-state index contributed by atoms with van der Waals surface area (Å²) in [4.78, 5) is 23.5. The lowest BCUT2D eigenvalue weighted by molar-refractivity contribution is -0.148. The number of rotatable bonds is 8. The zero-order chi connectivity index (χ0) is 15.8. The monoisotopic (exact) mass is 311 g/mol. The van der Waals surface area contributed by atoms with E-state index in [4.69, 9.17) is 9.84 Å². The molecule has 1 amide bonds. The number of carboxylic acids is 1. The van der Waals surface area contributed by atoms with Gasteiger partial charge in [0, 0.05) is 24.2 Å². The Balaban J connectivity index is 2.30. The van der Waals surface area contributed by atoms with Crippen molar-refractivity contribution in [3.63, 3.8) is 0 Å². The fourth-order valence-electron chi connectivity index (χ4n) is 1.63. The molecule has 5 nitrogen and oxygen atoms in total. The van der Waals surface area contributed by atoms with E-state index in [2.05, 4.69) is 31.3 Å². The number of aliphatic carboxylic acids is 1. The van der Waals surface area contributed by atoms with Gasteiger partial charge in [0.25, 0.3) is 0 Å². The van der Waals surface area contributed by atoms with Crippen molar-refractivity contribution in [2.75, 3.05) is 19.4 Å². The van der Waals surface area contributed by atoms with Crippen molar-refractivity contribution >= 4 is 23.6 Å². The molecule has 0 saturated heterocycles. The average Bonchev–Trinajstić information content (AvgIpc) is 2.43. The van der Waals surface area contributed by atoms with E-state index in [1.165, 1.54) is 18.2 Å². The Hall–Kier alpha value is -1.53. The molecule has 21 heavy (non-hydrogen) atoms. The molecule has 0 heterocycles. The Morgan fingerprint density at radius 3 is 2.62 bits per heavy atom. The van der Waals surface area contributed by atoms with Gasteiger partial charge in [-0.3, -0.25) is 4.79 Å². The van der Waals surface area contributed by atoms with Crippen molar-refractivity contribution < 1.29 is 19.4 Å². The number of carboxylic acid groups (broad SMARTS) is 1. The first-order valence-corrected chi connectivity index (χ1v) is 7.65. The molecule has 0 aromatic heterocycles. The first kappa shape index (κ1) is 17.5. The molecule has 116 valence electrons. The number of carbonyl (C=O) groups is 2. The van der Waals surface area contributed by atoms with Crippen LogP contribution < -0.4 is 5.32 Å². The van der Waals surface area contributed by atoms with E-state index in [0.717, 1.165) is 4.90 Å². The number of nitrogens with one attached hydrogen (secondary N) is 1. The molecular formula is C15H21NO4S. The summed E-state index contributed by atoms with van der Waals surface area (Å²) in [5.41, 5.74) is 2.48. The highest BCUT2D eigenvalue weighted by Crippen LogP contribution is 2.21. The molecule has 2 N–H and O–H groups in total. The van der Waals surface area contributed by atoms with Crippen LogP contribution in [0.4, 0.5) is 0 Å². The molecule has 0 aliphatic carbocycles. The van der Waals surface area contributed by atoms with Gasteiger partial charge in [0.1, 0.15) is 0 Å². The molecule has 1 atom stereocenters. The molecule has 0 bridgehead atoms. The maximum Gasteiger partial charge on any atom is 0.334 e. The van der Waals surface area contributed by atoms with Gasteiger partial charge in [-0.05, 0) is 37.1 Å². The SMILES string of the molecule is COC(CNC(=O)CCSc1ccc(C)c(C)c1)C(=O)O. The maximum absolute atomic E-state index is 11.6. The second-order valence-electron chi connectivity index (χ2n) is 4.71. The summed E-state index contributed by atoms with van der Waals surface area (Å²) in [7, 11) is 1.31. The highest BCUT2D eigenvalue weighted by atomic mass is 32.2. The van der Waals surface area contributed by atoms with Crippen LogP contribution in [0.2, 0.25) is 0 Å². The van der Waals surface area contributed by atoms with E-state index >= 15 is 0 Å². The lowest BCUT2D eigenvalue weighted by Gasteiger charge is -2.11. The predicted octanol–water partition coefficient (Wildman–Crippen LogP) is 2.00. The Labute approximate surface area is 129 Å². The maximum atomic E-state index is 11.6. The van der Waals surface area contributed by atoms with Crippen molar-refractivity contribution in [3.05, 3.63) is 29.3 Å². The number of hydrogen-bond acceptors (Lipinski definition) is 4. The van der Waals surface area contributed by atoms with Crippen LogP contribution in [-0.2, 0) is 14.3 Å².